The van der Waals surface area contributed by atoms with E-state index in [0.29, 0.717) is 6.54 Å². The van der Waals surface area contributed by atoms with Crippen LogP contribution in [0.4, 0.5) is 13.2 Å². The van der Waals surface area contributed by atoms with Gasteiger partial charge in [0.25, 0.3) is 0 Å². The third kappa shape index (κ3) is 6.02. The van der Waals surface area contributed by atoms with Crippen LogP contribution in [0, 0.1) is 5.92 Å². The molecular weight excluding hydrogens is 245 g/mol. The van der Waals surface area contributed by atoms with Gasteiger partial charge in [0.2, 0.25) is 0 Å². The molecule has 0 saturated carbocycles. The maximum Gasteiger partial charge on any atom is 0.391 e. The van der Waals surface area contributed by atoms with Gasteiger partial charge in [-0.25, -0.2) is 0 Å². The molecule has 0 aromatic rings. The lowest BCUT2D eigenvalue weighted by atomic mass is 10.1. The minimum atomic E-state index is -4.06. The summed E-state index contributed by atoms with van der Waals surface area (Å²) >= 11 is 0. The van der Waals surface area contributed by atoms with Gasteiger partial charge >= 0.3 is 6.18 Å². The maximum atomic E-state index is 12.3. The molecule has 1 rings (SSSR count). The molecule has 18 heavy (non-hydrogen) atoms. The fraction of sp³-hybridized carbons (Fsp3) is 1.00. The van der Waals surface area contributed by atoms with Gasteiger partial charge in [0, 0.05) is 26.2 Å². The van der Waals surface area contributed by atoms with Crippen molar-refractivity contribution in [2.45, 2.75) is 19.5 Å². The van der Waals surface area contributed by atoms with Crippen molar-refractivity contribution in [1.29, 1.82) is 0 Å². The first kappa shape index (κ1) is 15.7. The van der Waals surface area contributed by atoms with Crippen LogP contribution in [0.3, 0.4) is 0 Å². The number of morpholine rings is 1. The zero-order valence-corrected chi connectivity index (χ0v) is 11.2. The van der Waals surface area contributed by atoms with Crippen LogP contribution in [0.15, 0.2) is 0 Å². The number of alkyl halides is 3. The summed E-state index contributed by atoms with van der Waals surface area (Å²) in [5, 5.41) is 0. The second-order valence-corrected chi connectivity index (χ2v) is 4.99. The van der Waals surface area contributed by atoms with Gasteiger partial charge in [-0.1, -0.05) is 6.92 Å². The standard InChI is InChI=1S/C12H23F3N2O/c1-11(12(13,14)15)3-4-16(2)5-6-17-7-9-18-10-8-17/h11H,3-10H2,1-2H3. The van der Waals surface area contributed by atoms with Crippen LogP contribution < -0.4 is 0 Å². The van der Waals surface area contributed by atoms with E-state index in [1.807, 2.05) is 11.9 Å². The molecule has 0 aliphatic carbocycles. The third-order valence-corrected chi connectivity index (χ3v) is 3.40. The van der Waals surface area contributed by atoms with Crippen molar-refractivity contribution in [1.82, 2.24) is 9.80 Å². The number of halogens is 3. The van der Waals surface area contributed by atoms with Crippen molar-refractivity contribution >= 4 is 0 Å². The molecule has 108 valence electrons. The normalized spacial score (nSPS) is 20.3. The molecule has 1 saturated heterocycles. The number of hydrogen-bond acceptors (Lipinski definition) is 3. The minimum absolute atomic E-state index is 0.170. The van der Waals surface area contributed by atoms with E-state index in [-0.39, 0.29) is 6.42 Å². The van der Waals surface area contributed by atoms with Gasteiger partial charge < -0.3 is 9.64 Å². The van der Waals surface area contributed by atoms with E-state index in [9.17, 15) is 13.2 Å². The largest absolute Gasteiger partial charge is 0.391 e. The average molecular weight is 268 g/mol. The van der Waals surface area contributed by atoms with Gasteiger partial charge in [0.05, 0.1) is 19.1 Å². The second kappa shape index (κ2) is 7.31. The van der Waals surface area contributed by atoms with Crippen molar-refractivity contribution in [2.75, 3.05) is 53.0 Å². The summed E-state index contributed by atoms with van der Waals surface area (Å²) < 4.78 is 42.2. The molecule has 1 aliphatic rings. The Morgan fingerprint density at radius 2 is 1.83 bits per heavy atom. The van der Waals surface area contributed by atoms with E-state index in [2.05, 4.69) is 4.90 Å². The highest BCUT2D eigenvalue weighted by atomic mass is 19.4. The Hall–Kier alpha value is -0.330. The lowest BCUT2D eigenvalue weighted by Crippen LogP contribution is -2.41. The van der Waals surface area contributed by atoms with Crippen LogP contribution in [-0.4, -0.2) is 69.0 Å². The molecule has 0 radical (unpaired) electrons. The van der Waals surface area contributed by atoms with Crippen molar-refractivity contribution in [2.24, 2.45) is 5.92 Å². The quantitative estimate of drug-likeness (QED) is 0.731. The molecule has 1 atom stereocenters. The van der Waals surface area contributed by atoms with Crippen LogP contribution in [0.2, 0.25) is 0 Å². The third-order valence-electron chi connectivity index (χ3n) is 3.40. The SMILES string of the molecule is CC(CCN(C)CCN1CCOCC1)C(F)(F)F. The zero-order valence-electron chi connectivity index (χ0n) is 11.2. The van der Waals surface area contributed by atoms with Crippen molar-refractivity contribution in [3.63, 3.8) is 0 Å². The summed E-state index contributed by atoms with van der Waals surface area (Å²) in [5.41, 5.74) is 0. The summed E-state index contributed by atoms with van der Waals surface area (Å²) in [7, 11) is 1.88. The molecule has 0 amide bonds. The summed E-state index contributed by atoms with van der Waals surface area (Å²) in [4.78, 5) is 4.25. The minimum Gasteiger partial charge on any atom is -0.379 e. The second-order valence-electron chi connectivity index (χ2n) is 4.99. The van der Waals surface area contributed by atoms with Crippen molar-refractivity contribution in [3.8, 4) is 0 Å². The number of hydrogen-bond donors (Lipinski definition) is 0. The fourth-order valence-corrected chi connectivity index (χ4v) is 1.83. The monoisotopic (exact) mass is 268 g/mol. The highest BCUT2D eigenvalue weighted by Crippen LogP contribution is 2.28. The predicted octanol–water partition coefficient (Wildman–Crippen LogP) is 1.84. The number of rotatable bonds is 6. The topological polar surface area (TPSA) is 15.7 Å². The molecule has 1 heterocycles. The number of ether oxygens (including phenoxy) is 1. The number of likely N-dealkylation sites (N-methyl/N-ethyl adjacent to an activating group) is 1. The highest BCUT2D eigenvalue weighted by Gasteiger charge is 2.35. The Labute approximate surface area is 107 Å². The van der Waals surface area contributed by atoms with Crippen molar-refractivity contribution < 1.29 is 17.9 Å². The van der Waals surface area contributed by atoms with Crippen LogP contribution in [0.5, 0.6) is 0 Å². The Bertz CT molecular complexity index is 230. The van der Waals surface area contributed by atoms with Crippen LogP contribution in [0.1, 0.15) is 13.3 Å². The first-order valence-corrected chi connectivity index (χ1v) is 6.45. The molecule has 0 spiro atoms. The molecule has 0 bridgehead atoms. The highest BCUT2D eigenvalue weighted by molar-refractivity contribution is 4.67. The van der Waals surface area contributed by atoms with E-state index in [1.54, 1.807) is 0 Å². The van der Waals surface area contributed by atoms with Gasteiger partial charge in [-0.15, -0.1) is 0 Å². The molecular formula is C12H23F3N2O. The first-order chi connectivity index (χ1) is 8.39. The lowest BCUT2D eigenvalue weighted by Gasteiger charge is -2.29. The zero-order chi connectivity index (χ0) is 13.6. The fourth-order valence-electron chi connectivity index (χ4n) is 1.83. The Morgan fingerprint density at radius 1 is 1.22 bits per heavy atom. The Morgan fingerprint density at radius 3 is 2.39 bits per heavy atom. The average Bonchev–Trinajstić information content (AvgIpc) is 2.33. The van der Waals surface area contributed by atoms with Crippen LogP contribution in [0.25, 0.3) is 0 Å². The smallest absolute Gasteiger partial charge is 0.379 e. The summed E-state index contributed by atoms with van der Waals surface area (Å²) in [6.45, 7) is 6.81. The van der Waals surface area contributed by atoms with E-state index >= 15 is 0 Å². The van der Waals surface area contributed by atoms with E-state index in [4.69, 9.17) is 4.74 Å². The molecule has 6 heteroatoms. The maximum absolute atomic E-state index is 12.3. The van der Waals surface area contributed by atoms with E-state index in [1.165, 1.54) is 6.92 Å². The molecule has 3 nitrogen and oxygen atoms in total. The van der Waals surface area contributed by atoms with Gasteiger partial charge in [-0.05, 0) is 20.0 Å². The predicted molar refractivity (Wildman–Crippen MR) is 64.6 cm³/mol. The van der Waals surface area contributed by atoms with Crippen molar-refractivity contribution in [3.05, 3.63) is 0 Å². The number of nitrogens with zero attached hydrogens (tertiary/aromatic N) is 2. The Kier molecular flexibility index (Phi) is 6.38. The van der Waals surface area contributed by atoms with Crippen LogP contribution in [-0.2, 0) is 4.74 Å². The molecule has 1 unspecified atom stereocenters. The van der Waals surface area contributed by atoms with E-state index < -0.39 is 12.1 Å². The summed E-state index contributed by atoms with van der Waals surface area (Å²) in [6.07, 6.45) is -3.89. The van der Waals surface area contributed by atoms with E-state index in [0.717, 1.165) is 39.4 Å². The van der Waals surface area contributed by atoms with Gasteiger partial charge in [0.1, 0.15) is 0 Å². The van der Waals surface area contributed by atoms with Crippen LogP contribution >= 0.6 is 0 Å². The lowest BCUT2D eigenvalue weighted by molar-refractivity contribution is -0.171. The van der Waals surface area contributed by atoms with Gasteiger partial charge in [-0.2, -0.15) is 13.2 Å². The molecule has 0 N–H and O–H groups in total. The summed E-state index contributed by atoms with van der Waals surface area (Å²) in [6, 6.07) is 0. The Balaban J connectivity index is 2.11. The molecule has 1 aliphatic heterocycles. The molecule has 1 fully saturated rings. The van der Waals surface area contributed by atoms with Gasteiger partial charge in [-0.3, -0.25) is 4.90 Å². The first-order valence-electron chi connectivity index (χ1n) is 6.45. The molecule has 0 aromatic heterocycles. The van der Waals surface area contributed by atoms with Gasteiger partial charge in [0.15, 0.2) is 0 Å². The summed E-state index contributed by atoms with van der Waals surface area (Å²) in [5.74, 6) is -1.22. The molecule has 0 aromatic carbocycles.